The Balaban J connectivity index is 3.01. The first kappa shape index (κ1) is 9.97. The Bertz CT molecular complexity index is 389. The van der Waals surface area contributed by atoms with E-state index < -0.39 is 5.97 Å². The Morgan fingerprint density at radius 2 is 2.21 bits per heavy atom. The molecule has 0 atom stereocenters. The standard InChI is InChI=1S/C8H9N3O3/c1-4(12)11-7-3-10-6(8(13)14)2-5(7)9/h2-3H,1H3,(H2,9,10)(H,11,12)(H,13,14). The quantitative estimate of drug-likeness (QED) is 0.630. The number of rotatable bonds is 2. The number of nitrogens with one attached hydrogen (secondary N) is 1. The maximum absolute atomic E-state index is 10.7. The van der Waals surface area contributed by atoms with Crippen molar-refractivity contribution in [3.05, 3.63) is 18.0 Å². The molecule has 0 spiro atoms. The van der Waals surface area contributed by atoms with E-state index >= 15 is 0 Å². The van der Waals surface area contributed by atoms with E-state index in [4.69, 9.17) is 10.8 Å². The van der Waals surface area contributed by atoms with Gasteiger partial charge in [-0.05, 0) is 6.07 Å². The molecule has 1 heterocycles. The number of nitrogens with zero attached hydrogens (tertiary/aromatic N) is 1. The molecule has 1 amide bonds. The van der Waals surface area contributed by atoms with Gasteiger partial charge in [0.1, 0.15) is 5.69 Å². The van der Waals surface area contributed by atoms with Crippen molar-refractivity contribution in [3.63, 3.8) is 0 Å². The van der Waals surface area contributed by atoms with Crippen LogP contribution in [-0.4, -0.2) is 22.0 Å². The minimum Gasteiger partial charge on any atom is -0.477 e. The second-order valence-electron chi connectivity index (χ2n) is 2.64. The third-order valence-electron chi connectivity index (χ3n) is 1.47. The molecule has 6 heteroatoms. The van der Waals surface area contributed by atoms with Crippen molar-refractivity contribution < 1.29 is 14.7 Å². The van der Waals surface area contributed by atoms with Crippen LogP contribution in [0.15, 0.2) is 12.3 Å². The number of carboxylic acid groups (broad SMARTS) is 1. The first-order chi connectivity index (χ1) is 6.50. The molecule has 1 aromatic heterocycles. The Morgan fingerprint density at radius 3 is 2.64 bits per heavy atom. The van der Waals surface area contributed by atoms with Gasteiger partial charge in [0.15, 0.2) is 0 Å². The topological polar surface area (TPSA) is 105 Å². The van der Waals surface area contributed by atoms with Gasteiger partial charge in [-0.15, -0.1) is 0 Å². The molecule has 0 aliphatic heterocycles. The summed E-state index contributed by atoms with van der Waals surface area (Å²) >= 11 is 0. The summed E-state index contributed by atoms with van der Waals surface area (Å²) in [5.74, 6) is -1.45. The average molecular weight is 195 g/mol. The minimum atomic E-state index is -1.16. The van der Waals surface area contributed by atoms with Crippen LogP contribution in [0.5, 0.6) is 0 Å². The molecule has 0 aliphatic carbocycles. The number of nitrogen functional groups attached to an aromatic ring is 1. The van der Waals surface area contributed by atoms with Gasteiger partial charge in [-0.3, -0.25) is 4.79 Å². The van der Waals surface area contributed by atoms with Crippen molar-refractivity contribution in [2.45, 2.75) is 6.92 Å². The number of aromatic carboxylic acids is 1. The number of carboxylic acids is 1. The number of carbonyl (C=O) groups excluding carboxylic acids is 1. The van der Waals surface area contributed by atoms with Crippen molar-refractivity contribution in [1.29, 1.82) is 0 Å². The lowest BCUT2D eigenvalue weighted by Gasteiger charge is -2.05. The maximum atomic E-state index is 10.7. The molecule has 0 saturated heterocycles. The molecule has 1 aromatic rings. The largest absolute Gasteiger partial charge is 0.477 e. The fourth-order valence-corrected chi connectivity index (χ4v) is 0.882. The predicted octanol–water partition coefficient (Wildman–Crippen LogP) is 0.320. The lowest BCUT2D eigenvalue weighted by atomic mass is 10.3. The number of hydrogen-bond donors (Lipinski definition) is 3. The predicted molar refractivity (Wildman–Crippen MR) is 49.9 cm³/mol. The van der Waals surface area contributed by atoms with Gasteiger partial charge in [-0.2, -0.15) is 0 Å². The summed E-state index contributed by atoms with van der Waals surface area (Å²) < 4.78 is 0. The highest BCUT2D eigenvalue weighted by atomic mass is 16.4. The lowest BCUT2D eigenvalue weighted by Crippen LogP contribution is -2.10. The van der Waals surface area contributed by atoms with Crippen LogP contribution in [-0.2, 0) is 4.79 Å². The summed E-state index contributed by atoms with van der Waals surface area (Å²) in [7, 11) is 0. The maximum Gasteiger partial charge on any atom is 0.354 e. The molecule has 6 nitrogen and oxygen atoms in total. The fourth-order valence-electron chi connectivity index (χ4n) is 0.882. The molecule has 0 unspecified atom stereocenters. The van der Waals surface area contributed by atoms with E-state index in [-0.39, 0.29) is 17.3 Å². The van der Waals surface area contributed by atoms with Gasteiger partial charge in [0.25, 0.3) is 0 Å². The molecule has 74 valence electrons. The summed E-state index contributed by atoms with van der Waals surface area (Å²) in [6.45, 7) is 1.32. The SMILES string of the molecule is CC(=O)Nc1cnc(C(=O)O)cc1N. The zero-order valence-corrected chi connectivity index (χ0v) is 7.44. The molecule has 0 bridgehead atoms. The van der Waals surface area contributed by atoms with E-state index in [0.717, 1.165) is 0 Å². The Labute approximate surface area is 79.8 Å². The molecule has 0 radical (unpaired) electrons. The number of carbonyl (C=O) groups is 2. The summed E-state index contributed by atoms with van der Waals surface area (Å²) in [5.41, 5.74) is 5.82. The number of anilines is 2. The summed E-state index contributed by atoms with van der Waals surface area (Å²) in [4.78, 5) is 24.8. The molecule has 1 rings (SSSR count). The van der Waals surface area contributed by atoms with Gasteiger partial charge < -0.3 is 16.2 Å². The van der Waals surface area contributed by atoms with Crippen LogP contribution < -0.4 is 11.1 Å². The van der Waals surface area contributed by atoms with Gasteiger partial charge in [0, 0.05) is 6.92 Å². The van der Waals surface area contributed by atoms with Crippen LogP contribution >= 0.6 is 0 Å². The van der Waals surface area contributed by atoms with Gasteiger partial charge in [-0.25, -0.2) is 9.78 Å². The van der Waals surface area contributed by atoms with E-state index in [9.17, 15) is 9.59 Å². The molecule has 0 fully saturated rings. The monoisotopic (exact) mass is 195 g/mol. The number of pyridine rings is 1. The van der Waals surface area contributed by atoms with Gasteiger partial charge >= 0.3 is 5.97 Å². The molecule has 4 N–H and O–H groups in total. The van der Waals surface area contributed by atoms with Crippen molar-refractivity contribution in [1.82, 2.24) is 4.98 Å². The number of amides is 1. The van der Waals surface area contributed by atoms with E-state index in [0.29, 0.717) is 5.69 Å². The first-order valence-electron chi connectivity index (χ1n) is 3.77. The highest BCUT2D eigenvalue weighted by molar-refractivity contribution is 5.93. The second-order valence-corrected chi connectivity index (χ2v) is 2.64. The molecule has 0 saturated carbocycles. The zero-order valence-electron chi connectivity index (χ0n) is 7.44. The summed E-state index contributed by atoms with van der Waals surface area (Å²) in [6.07, 6.45) is 1.21. The highest BCUT2D eigenvalue weighted by Crippen LogP contribution is 2.17. The Morgan fingerprint density at radius 1 is 1.57 bits per heavy atom. The molecule has 0 aliphatic rings. The third-order valence-corrected chi connectivity index (χ3v) is 1.47. The van der Waals surface area contributed by atoms with Gasteiger partial charge in [0.05, 0.1) is 17.6 Å². The van der Waals surface area contributed by atoms with Crippen LogP contribution in [0.2, 0.25) is 0 Å². The summed E-state index contributed by atoms with van der Waals surface area (Å²) in [5, 5.41) is 11.0. The normalized spacial score (nSPS) is 9.50. The number of aromatic nitrogens is 1. The molecule has 0 aromatic carbocycles. The van der Waals surface area contributed by atoms with Gasteiger partial charge in [-0.1, -0.05) is 0 Å². The van der Waals surface area contributed by atoms with Gasteiger partial charge in [0.2, 0.25) is 5.91 Å². The van der Waals surface area contributed by atoms with Crippen LogP contribution in [0.4, 0.5) is 11.4 Å². The van der Waals surface area contributed by atoms with Crippen molar-refractivity contribution in [2.24, 2.45) is 0 Å². The van der Waals surface area contributed by atoms with Crippen molar-refractivity contribution in [3.8, 4) is 0 Å². The van der Waals surface area contributed by atoms with E-state index in [1.165, 1.54) is 19.2 Å². The van der Waals surface area contributed by atoms with E-state index in [2.05, 4.69) is 10.3 Å². The van der Waals surface area contributed by atoms with Crippen molar-refractivity contribution >= 4 is 23.3 Å². The number of nitrogens with two attached hydrogens (primary N) is 1. The number of hydrogen-bond acceptors (Lipinski definition) is 4. The second kappa shape index (κ2) is 3.73. The van der Waals surface area contributed by atoms with Crippen molar-refractivity contribution in [2.75, 3.05) is 11.1 Å². The summed E-state index contributed by atoms with van der Waals surface area (Å²) in [6, 6.07) is 1.19. The fraction of sp³-hybridized carbons (Fsp3) is 0.125. The molecular formula is C8H9N3O3. The smallest absolute Gasteiger partial charge is 0.354 e. The van der Waals surface area contributed by atoms with E-state index in [1.807, 2.05) is 0 Å². The van der Waals surface area contributed by atoms with Crippen LogP contribution in [0, 0.1) is 0 Å². The third kappa shape index (κ3) is 2.19. The van der Waals surface area contributed by atoms with Crippen LogP contribution in [0.3, 0.4) is 0 Å². The zero-order chi connectivity index (χ0) is 10.7. The lowest BCUT2D eigenvalue weighted by molar-refractivity contribution is -0.114. The Hall–Kier alpha value is -2.11. The van der Waals surface area contributed by atoms with E-state index in [1.54, 1.807) is 0 Å². The first-order valence-corrected chi connectivity index (χ1v) is 3.77. The average Bonchev–Trinajstić information content (AvgIpc) is 2.07. The minimum absolute atomic E-state index is 0.156. The highest BCUT2D eigenvalue weighted by Gasteiger charge is 2.08. The molecular weight excluding hydrogens is 186 g/mol. The van der Waals surface area contributed by atoms with Crippen LogP contribution in [0.1, 0.15) is 17.4 Å². The molecule has 14 heavy (non-hydrogen) atoms. The Kier molecular flexibility index (Phi) is 2.66. The van der Waals surface area contributed by atoms with Crippen LogP contribution in [0.25, 0.3) is 0 Å².